The molecule has 1 aliphatic rings. The number of fused-ring (bicyclic) bond motifs is 1. The fraction of sp³-hybridized carbons (Fsp3) is 0.368. The first-order chi connectivity index (χ1) is 13.0. The molecule has 1 atom stereocenters. The van der Waals surface area contributed by atoms with Crippen molar-refractivity contribution >= 4 is 28.4 Å². The van der Waals surface area contributed by atoms with Crippen LogP contribution in [0.2, 0.25) is 0 Å². The third kappa shape index (κ3) is 4.21. The molecular weight excluding hydrogens is 364 g/mol. The van der Waals surface area contributed by atoms with Gasteiger partial charge in [0.2, 0.25) is 0 Å². The lowest BCUT2D eigenvalue weighted by atomic mass is 10.2. The van der Waals surface area contributed by atoms with Gasteiger partial charge in [-0.05, 0) is 31.9 Å². The Morgan fingerprint density at radius 1 is 1.48 bits per heavy atom. The standard InChI is InChI=1S/C19H20N4O3S/c1-12(21)15(9-20)17(24)11-27-19-22-16-7-3-2-6-14(16)18(25)23(19)10-13-5-4-8-26-13/h2-3,6-7,13H,4-5,8,10-11,21H2,1H3/b15-12+. The second-order valence-corrected chi connectivity index (χ2v) is 7.29. The van der Waals surface area contributed by atoms with E-state index in [1.807, 2.05) is 12.1 Å². The molecule has 1 aromatic carbocycles. The highest BCUT2D eigenvalue weighted by molar-refractivity contribution is 7.99. The van der Waals surface area contributed by atoms with E-state index < -0.39 is 0 Å². The average Bonchev–Trinajstić information content (AvgIpc) is 3.16. The first-order valence-electron chi connectivity index (χ1n) is 8.65. The number of ether oxygens (including phenoxy) is 1. The van der Waals surface area contributed by atoms with Crippen molar-refractivity contribution in [1.82, 2.24) is 9.55 Å². The van der Waals surface area contributed by atoms with E-state index in [9.17, 15) is 9.59 Å². The molecule has 2 N–H and O–H groups in total. The van der Waals surface area contributed by atoms with Gasteiger partial charge in [-0.25, -0.2) is 4.98 Å². The van der Waals surface area contributed by atoms with Crippen LogP contribution in [-0.2, 0) is 16.1 Å². The minimum atomic E-state index is -0.381. The Bertz CT molecular complexity index is 996. The number of allylic oxidation sites excluding steroid dienone is 2. The van der Waals surface area contributed by atoms with Gasteiger partial charge in [-0.3, -0.25) is 14.2 Å². The summed E-state index contributed by atoms with van der Waals surface area (Å²) in [4.78, 5) is 29.8. The van der Waals surface area contributed by atoms with Gasteiger partial charge in [-0.1, -0.05) is 23.9 Å². The molecule has 1 saturated heterocycles. The van der Waals surface area contributed by atoms with Crippen LogP contribution in [0.15, 0.2) is 45.5 Å². The molecule has 1 aromatic heterocycles. The number of carbonyl (C=O) groups excluding carboxylic acids is 1. The Labute approximate surface area is 160 Å². The van der Waals surface area contributed by atoms with Crippen molar-refractivity contribution in [3.8, 4) is 6.07 Å². The summed E-state index contributed by atoms with van der Waals surface area (Å²) in [6.45, 7) is 2.60. The maximum absolute atomic E-state index is 13.0. The molecule has 27 heavy (non-hydrogen) atoms. The average molecular weight is 384 g/mol. The number of para-hydroxylation sites is 1. The van der Waals surface area contributed by atoms with Crippen LogP contribution >= 0.6 is 11.8 Å². The van der Waals surface area contributed by atoms with E-state index in [1.54, 1.807) is 22.8 Å². The molecule has 140 valence electrons. The van der Waals surface area contributed by atoms with Crippen molar-refractivity contribution in [3.63, 3.8) is 0 Å². The molecule has 0 amide bonds. The van der Waals surface area contributed by atoms with Crippen molar-refractivity contribution < 1.29 is 9.53 Å². The van der Waals surface area contributed by atoms with Crippen molar-refractivity contribution in [2.75, 3.05) is 12.4 Å². The number of hydrogen-bond acceptors (Lipinski definition) is 7. The molecule has 0 radical (unpaired) electrons. The van der Waals surface area contributed by atoms with Gasteiger partial charge >= 0.3 is 0 Å². The van der Waals surface area contributed by atoms with Crippen LogP contribution in [0.25, 0.3) is 10.9 Å². The summed E-state index contributed by atoms with van der Waals surface area (Å²) in [6, 6.07) is 8.95. The highest BCUT2D eigenvalue weighted by atomic mass is 32.2. The molecule has 2 heterocycles. The number of nitrogens with two attached hydrogens (primary N) is 1. The van der Waals surface area contributed by atoms with Crippen molar-refractivity contribution in [2.24, 2.45) is 5.73 Å². The van der Waals surface area contributed by atoms with E-state index in [0.717, 1.165) is 24.6 Å². The molecule has 0 spiro atoms. The van der Waals surface area contributed by atoms with Crippen LogP contribution in [0.3, 0.4) is 0 Å². The summed E-state index contributed by atoms with van der Waals surface area (Å²) < 4.78 is 7.23. The number of nitriles is 1. The van der Waals surface area contributed by atoms with Gasteiger partial charge < -0.3 is 10.5 Å². The Balaban J connectivity index is 1.95. The van der Waals surface area contributed by atoms with Gasteiger partial charge in [0.05, 0.1) is 29.3 Å². The highest BCUT2D eigenvalue weighted by Gasteiger charge is 2.21. The maximum Gasteiger partial charge on any atom is 0.262 e. The minimum Gasteiger partial charge on any atom is -0.401 e. The molecule has 0 bridgehead atoms. The van der Waals surface area contributed by atoms with Gasteiger partial charge in [0.1, 0.15) is 11.6 Å². The predicted octanol–water partition coefficient (Wildman–Crippen LogP) is 1.99. The molecule has 7 nitrogen and oxygen atoms in total. The Morgan fingerprint density at radius 3 is 2.93 bits per heavy atom. The third-order valence-corrected chi connectivity index (χ3v) is 5.33. The van der Waals surface area contributed by atoms with Crippen molar-refractivity contribution in [3.05, 3.63) is 45.9 Å². The smallest absolute Gasteiger partial charge is 0.262 e. The number of ketones is 1. The number of nitrogens with zero attached hydrogens (tertiary/aromatic N) is 3. The van der Waals surface area contributed by atoms with Crippen LogP contribution in [0.4, 0.5) is 0 Å². The summed E-state index contributed by atoms with van der Waals surface area (Å²) in [5, 5.41) is 10.1. The van der Waals surface area contributed by atoms with E-state index in [1.165, 1.54) is 6.92 Å². The van der Waals surface area contributed by atoms with Crippen molar-refractivity contribution in [2.45, 2.75) is 37.6 Å². The number of hydrogen-bond donors (Lipinski definition) is 1. The second-order valence-electron chi connectivity index (χ2n) is 6.34. The van der Waals surface area contributed by atoms with Gasteiger partial charge in [0, 0.05) is 12.3 Å². The van der Waals surface area contributed by atoms with Gasteiger partial charge in [0.25, 0.3) is 5.56 Å². The van der Waals surface area contributed by atoms with Crippen LogP contribution in [-0.4, -0.2) is 33.8 Å². The molecule has 0 aliphatic carbocycles. The molecule has 0 saturated carbocycles. The molecular formula is C19H20N4O3S. The molecule has 1 aliphatic heterocycles. The molecule has 1 fully saturated rings. The lowest BCUT2D eigenvalue weighted by Crippen LogP contribution is -2.29. The van der Waals surface area contributed by atoms with E-state index in [4.69, 9.17) is 15.7 Å². The zero-order chi connectivity index (χ0) is 19.4. The number of carbonyl (C=O) groups is 1. The first kappa shape index (κ1) is 19.1. The minimum absolute atomic E-state index is 0.0201. The fourth-order valence-electron chi connectivity index (χ4n) is 2.98. The predicted molar refractivity (Wildman–Crippen MR) is 103 cm³/mol. The highest BCUT2D eigenvalue weighted by Crippen LogP contribution is 2.22. The zero-order valence-corrected chi connectivity index (χ0v) is 15.8. The Hall–Kier alpha value is -2.63. The Kier molecular flexibility index (Phi) is 5.94. The monoisotopic (exact) mass is 384 g/mol. The summed E-state index contributed by atoms with van der Waals surface area (Å²) in [6.07, 6.45) is 1.81. The molecule has 2 aromatic rings. The third-order valence-electron chi connectivity index (χ3n) is 4.35. The largest absolute Gasteiger partial charge is 0.401 e. The fourth-order valence-corrected chi connectivity index (χ4v) is 3.86. The van der Waals surface area contributed by atoms with Crippen LogP contribution in [0.1, 0.15) is 19.8 Å². The number of benzene rings is 1. The quantitative estimate of drug-likeness (QED) is 0.351. The summed E-state index contributed by atoms with van der Waals surface area (Å²) in [5.74, 6) is -0.401. The maximum atomic E-state index is 13.0. The summed E-state index contributed by atoms with van der Waals surface area (Å²) >= 11 is 1.13. The summed E-state index contributed by atoms with van der Waals surface area (Å²) in [7, 11) is 0. The van der Waals surface area contributed by atoms with E-state index in [2.05, 4.69) is 4.98 Å². The van der Waals surface area contributed by atoms with E-state index >= 15 is 0 Å². The lowest BCUT2D eigenvalue weighted by Gasteiger charge is -2.16. The summed E-state index contributed by atoms with van der Waals surface area (Å²) in [5.41, 5.74) is 6.14. The normalized spacial score (nSPS) is 17.6. The molecule has 1 unspecified atom stereocenters. The van der Waals surface area contributed by atoms with Crippen LogP contribution in [0, 0.1) is 11.3 Å². The van der Waals surface area contributed by atoms with Gasteiger partial charge in [-0.2, -0.15) is 5.26 Å². The van der Waals surface area contributed by atoms with Gasteiger partial charge in [0.15, 0.2) is 10.9 Å². The second kappa shape index (κ2) is 8.37. The number of thioether (sulfide) groups is 1. The number of aromatic nitrogens is 2. The van der Waals surface area contributed by atoms with E-state index in [0.29, 0.717) is 29.2 Å². The zero-order valence-electron chi connectivity index (χ0n) is 15.0. The van der Waals surface area contributed by atoms with Crippen LogP contribution < -0.4 is 11.3 Å². The topological polar surface area (TPSA) is 111 Å². The van der Waals surface area contributed by atoms with Gasteiger partial charge in [-0.15, -0.1) is 0 Å². The van der Waals surface area contributed by atoms with Crippen LogP contribution in [0.5, 0.6) is 0 Å². The first-order valence-corrected chi connectivity index (χ1v) is 9.63. The number of rotatable bonds is 6. The Morgan fingerprint density at radius 2 is 2.26 bits per heavy atom. The molecule has 8 heteroatoms. The van der Waals surface area contributed by atoms with Crippen molar-refractivity contribution in [1.29, 1.82) is 5.26 Å². The molecule has 3 rings (SSSR count). The SMILES string of the molecule is C/C(N)=C(/C#N)C(=O)CSc1nc2ccccc2c(=O)n1CC1CCCO1. The van der Waals surface area contributed by atoms with E-state index in [-0.39, 0.29) is 34.5 Å². The lowest BCUT2D eigenvalue weighted by molar-refractivity contribution is -0.112. The number of Topliss-reactive ketones (excluding diaryl/α,β-unsaturated/α-hetero) is 1.